The van der Waals surface area contributed by atoms with Gasteiger partial charge in [-0.25, -0.2) is 0 Å². The molecule has 2 aromatic carbocycles. The summed E-state index contributed by atoms with van der Waals surface area (Å²) in [5.74, 6) is 2.68. The molecule has 1 heteroatoms. The monoisotopic (exact) mass is 296 g/mol. The van der Waals surface area contributed by atoms with Gasteiger partial charge in [-0.2, -0.15) is 0 Å². The zero-order chi connectivity index (χ0) is 15.4. The first-order chi connectivity index (χ1) is 10.8. The van der Waals surface area contributed by atoms with E-state index in [4.69, 9.17) is 4.74 Å². The molecule has 22 heavy (non-hydrogen) atoms. The number of unbranched alkanes of at least 4 members (excludes halogenated alkanes) is 1. The quantitative estimate of drug-likeness (QED) is 0.587. The Hall–Kier alpha value is -1.50. The van der Waals surface area contributed by atoms with Gasteiger partial charge in [0.25, 0.3) is 0 Å². The van der Waals surface area contributed by atoms with Crippen molar-refractivity contribution in [1.29, 1.82) is 0 Å². The van der Waals surface area contributed by atoms with E-state index < -0.39 is 0 Å². The lowest BCUT2D eigenvalue weighted by Gasteiger charge is -2.26. The molecule has 1 fully saturated rings. The Morgan fingerprint density at radius 3 is 2.45 bits per heavy atom. The zero-order valence-corrected chi connectivity index (χ0v) is 14.0. The Labute approximate surface area is 134 Å². The van der Waals surface area contributed by atoms with Crippen molar-refractivity contribution in [1.82, 2.24) is 0 Å². The fourth-order valence-corrected chi connectivity index (χ4v) is 3.51. The van der Waals surface area contributed by atoms with E-state index in [1.807, 2.05) is 0 Å². The highest BCUT2D eigenvalue weighted by molar-refractivity contribution is 5.84. The molecule has 0 aliphatic heterocycles. The van der Waals surface area contributed by atoms with Crippen molar-refractivity contribution in [2.75, 3.05) is 6.61 Å². The van der Waals surface area contributed by atoms with Crippen LogP contribution >= 0.6 is 0 Å². The van der Waals surface area contributed by atoms with E-state index in [-0.39, 0.29) is 0 Å². The van der Waals surface area contributed by atoms with Crippen LogP contribution in [0, 0.1) is 5.92 Å². The molecule has 3 rings (SSSR count). The number of hydrogen-bond donors (Lipinski definition) is 0. The first-order valence-electron chi connectivity index (χ1n) is 8.92. The molecule has 0 atom stereocenters. The summed E-state index contributed by atoms with van der Waals surface area (Å²) in [6.45, 7) is 5.40. The molecule has 0 saturated heterocycles. The summed E-state index contributed by atoms with van der Waals surface area (Å²) in [6.07, 6.45) is 7.77. The molecular weight excluding hydrogens is 268 g/mol. The van der Waals surface area contributed by atoms with E-state index >= 15 is 0 Å². The van der Waals surface area contributed by atoms with Gasteiger partial charge in [0.05, 0.1) is 6.61 Å². The van der Waals surface area contributed by atoms with E-state index in [9.17, 15) is 0 Å². The normalized spacial score (nSPS) is 21.9. The first kappa shape index (κ1) is 15.4. The van der Waals surface area contributed by atoms with Gasteiger partial charge in [-0.05, 0) is 59.6 Å². The van der Waals surface area contributed by atoms with Gasteiger partial charge in [-0.3, -0.25) is 0 Å². The van der Waals surface area contributed by atoms with E-state index in [1.165, 1.54) is 48.4 Å². The van der Waals surface area contributed by atoms with Crippen molar-refractivity contribution in [2.24, 2.45) is 5.92 Å². The first-order valence-corrected chi connectivity index (χ1v) is 8.92. The molecule has 0 unspecified atom stereocenters. The van der Waals surface area contributed by atoms with Crippen molar-refractivity contribution in [3.63, 3.8) is 0 Å². The maximum atomic E-state index is 5.81. The third kappa shape index (κ3) is 3.63. The van der Waals surface area contributed by atoms with Crippen LogP contribution in [-0.2, 0) is 0 Å². The summed E-state index contributed by atoms with van der Waals surface area (Å²) in [4.78, 5) is 0. The van der Waals surface area contributed by atoms with Gasteiger partial charge >= 0.3 is 0 Å². The predicted molar refractivity (Wildman–Crippen MR) is 94.7 cm³/mol. The van der Waals surface area contributed by atoms with E-state index in [1.54, 1.807) is 0 Å². The maximum absolute atomic E-state index is 5.81. The lowest BCUT2D eigenvalue weighted by atomic mass is 9.79. The fourth-order valence-electron chi connectivity index (χ4n) is 3.51. The molecule has 1 aliphatic rings. The van der Waals surface area contributed by atoms with Crippen LogP contribution in [0.25, 0.3) is 10.8 Å². The highest BCUT2D eigenvalue weighted by Crippen LogP contribution is 2.36. The third-order valence-electron chi connectivity index (χ3n) is 5.09. The maximum Gasteiger partial charge on any atom is 0.119 e. The Balaban J connectivity index is 1.74. The van der Waals surface area contributed by atoms with Crippen molar-refractivity contribution in [2.45, 2.75) is 58.3 Å². The molecule has 1 aliphatic carbocycles. The highest BCUT2D eigenvalue weighted by Gasteiger charge is 2.19. The van der Waals surface area contributed by atoms with Gasteiger partial charge in [0.2, 0.25) is 0 Å². The van der Waals surface area contributed by atoms with Crippen LogP contribution in [0.4, 0.5) is 0 Å². The lowest BCUT2D eigenvalue weighted by molar-refractivity contribution is 0.310. The van der Waals surface area contributed by atoms with Gasteiger partial charge < -0.3 is 4.74 Å². The van der Waals surface area contributed by atoms with Crippen LogP contribution in [0.1, 0.15) is 63.9 Å². The Morgan fingerprint density at radius 2 is 1.68 bits per heavy atom. The number of benzene rings is 2. The second-order valence-corrected chi connectivity index (χ2v) is 6.93. The second-order valence-electron chi connectivity index (χ2n) is 6.93. The average molecular weight is 296 g/mol. The summed E-state index contributed by atoms with van der Waals surface area (Å²) in [7, 11) is 0. The summed E-state index contributed by atoms with van der Waals surface area (Å²) in [5, 5.41) is 2.64. The molecule has 2 aromatic rings. The van der Waals surface area contributed by atoms with Crippen molar-refractivity contribution < 1.29 is 4.74 Å². The van der Waals surface area contributed by atoms with E-state index in [0.29, 0.717) is 0 Å². The zero-order valence-electron chi connectivity index (χ0n) is 14.0. The largest absolute Gasteiger partial charge is 0.494 e. The number of rotatable bonds is 5. The molecule has 1 saturated carbocycles. The number of hydrogen-bond acceptors (Lipinski definition) is 1. The van der Waals surface area contributed by atoms with Gasteiger partial charge in [-0.1, -0.05) is 57.4 Å². The second kappa shape index (κ2) is 7.17. The lowest BCUT2D eigenvalue weighted by Crippen LogP contribution is -2.10. The van der Waals surface area contributed by atoms with Crippen molar-refractivity contribution in [3.05, 3.63) is 42.0 Å². The molecule has 0 bridgehead atoms. The number of ether oxygens (including phenoxy) is 1. The summed E-state index contributed by atoms with van der Waals surface area (Å²) in [5.41, 5.74) is 1.53. The summed E-state index contributed by atoms with van der Waals surface area (Å²) >= 11 is 0. The SMILES string of the molecule is CCCCOc1ccc2cc([C@H]3CC[C@H](C)CC3)ccc2c1. The molecule has 0 radical (unpaired) electrons. The summed E-state index contributed by atoms with van der Waals surface area (Å²) in [6, 6.07) is 13.5. The van der Waals surface area contributed by atoms with E-state index in [2.05, 4.69) is 50.2 Å². The molecule has 0 heterocycles. The van der Waals surface area contributed by atoms with Gasteiger partial charge in [-0.15, -0.1) is 0 Å². The van der Waals surface area contributed by atoms with Crippen LogP contribution in [0.2, 0.25) is 0 Å². The van der Waals surface area contributed by atoms with Crippen LogP contribution < -0.4 is 4.74 Å². The molecule has 1 nitrogen and oxygen atoms in total. The molecule has 0 spiro atoms. The molecule has 0 N–H and O–H groups in total. The Bertz CT molecular complexity index is 608. The minimum atomic E-state index is 0.765. The highest BCUT2D eigenvalue weighted by atomic mass is 16.5. The van der Waals surface area contributed by atoms with Crippen molar-refractivity contribution >= 4 is 10.8 Å². The Morgan fingerprint density at radius 1 is 0.955 bits per heavy atom. The fraction of sp³-hybridized carbons (Fsp3) is 0.524. The summed E-state index contributed by atoms with van der Waals surface area (Å²) < 4.78 is 5.81. The van der Waals surface area contributed by atoms with Crippen molar-refractivity contribution in [3.8, 4) is 5.75 Å². The van der Waals surface area contributed by atoms with Crippen LogP contribution in [0.5, 0.6) is 5.75 Å². The van der Waals surface area contributed by atoms with Crippen LogP contribution in [-0.4, -0.2) is 6.61 Å². The van der Waals surface area contributed by atoms with Gasteiger partial charge in [0.1, 0.15) is 5.75 Å². The van der Waals surface area contributed by atoms with Crippen LogP contribution in [0.15, 0.2) is 36.4 Å². The topological polar surface area (TPSA) is 9.23 Å². The van der Waals surface area contributed by atoms with Gasteiger partial charge in [0.15, 0.2) is 0 Å². The average Bonchev–Trinajstić information content (AvgIpc) is 2.55. The van der Waals surface area contributed by atoms with Gasteiger partial charge in [0, 0.05) is 0 Å². The molecule has 0 amide bonds. The molecular formula is C21H28O. The van der Waals surface area contributed by atoms with Crippen LogP contribution in [0.3, 0.4) is 0 Å². The predicted octanol–water partition coefficient (Wildman–Crippen LogP) is 6.31. The minimum absolute atomic E-state index is 0.765. The third-order valence-corrected chi connectivity index (χ3v) is 5.09. The smallest absolute Gasteiger partial charge is 0.119 e. The number of fused-ring (bicyclic) bond motifs is 1. The molecule has 0 aromatic heterocycles. The standard InChI is InChI=1S/C21H28O/c1-3-4-13-22-21-12-11-19-14-18(9-10-20(19)15-21)17-7-5-16(2)6-8-17/h9-12,14-17H,3-8,13H2,1-2H3/t16-,17-. The molecule has 118 valence electrons. The minimum Gasteiger partial charge on any atom is -0.494 e. The Kier molecular flexibility index (Phi) is 5.02. The van der Waals surface area contributed by atoms with E-state index in [0.717, 1.165) is 30.6 Å².